The number of anilines is 1. The van der Waals surface area contributed by atoms with Crippen molar-refractivity contribution in [2.24, 2.45) is 0 Å². The van der Waals surface area contributed by atoms with E-state index in [0.717, 1.165) is 16.7 Å². The molecule has 0 fully saturated rings. The molecule has 0 unspecified atom stereocenters. The van der Waals surface area contributed by atoms with Gasteiger partial charge in [0.2, 0.25) is 0 Å². The van der Waals surface area contributed by atoms with Gasteiger partial charge in [0.15, 0.2) is 6.61 Å². The quantitative estimate of drug-likeness (QED) is 0.855. The molecule has 126 valence electrons. The van der Waals surface area contributed by atoms with E-state index in [2.05, 4.69) is 11.4 Å². The number of rotatable bonds is 5. The summed E-state index contributed by atoms with van der Waals surface area (Å²) in [7, 11) is 1.30. The van der Waals surface area contributed by atoms with Gasteiger partial charge in [0.25, 0.3) is 5.91 Å². The van der Waals surface area contributed by atoms with Gasteiger partial charge in [-0.2, -0.15) is 0 Å². The van der Waals surface area contributed by atoms with Crippen LogP contribution in [0.3, 0.4) is 0 Å². The van der Waals surface area contributed by atoms with Crippen LogP contribution in [0.5, 0.6) is 5.75 Å². The van der Waals surface area contributed by atoms with Crippen molar-refractivity contribution in [1.29, 1.82) is 0 Å². The zero-order valence-corrected chi connectivity index (χ0v) is 14.3. The van der Waals surface area contributed by atoms with Gasteiger partial charge in [-0.15, -0.1) is 0 Å². The highest BCUT2D eigenvalue weighted by Gasteiger charge is 2.14. The van der Waals surface area contributed by atoms with E-state index in [9.17, 15) is 9.59 Å². The Kier molecular flexibility index (Phi) is 5.58. The second kappa shape index (κ2) is 7.64. The van der Waals surface area contributed by atoms with Gasteiger partial charge in [-0.3, -0.25) is 4.79 Å². The predicted octanol–water partition coefficient (Wildman–Crippen LogP) is 3.42. The summed E-state index contributed by atoms with van der Waals surface area (Å²) in [5, 5.41) is 2.68. The van der Waals surface area contributed by atoms with Gasteiger partial charge < -0.3 is 14.8 Å². The number of carbonyl (C=O) groups is 2. The predicted molar refractivity (Wildman–Crippen MR) is 92.6 cm³/mol. The van der Waals surface area contributed by atoms with Gasteiger partial charge in [0.1, 0.15) is 5.75 Å². The van der Waals surface area contributed by atoms with Crippen LogP contribution < -0.4 is 10.1 Å². The number of hydrogen-bond acceptors (Lipinski definition) is 4. The molecule has 0 aromatic heterocycles. The van der Waals surface area contributed by atoms with Gasteiger partial charge in [0, 0.05) is 0 Å². The first kappa shape index (κ1) is 17.5. The minimum Gasteiger partial charge on any atom is -0.483 e. The Bertz CT molecular complexity index is 768. The molecule has 2 rings (SSSR count). The van der Waals surface area contributed by atoms with Gasteiger partial charge in [0.05, 0.1) is 18.4 Å². The molecule has 0 aliphatic rings. The molecule has 0 saturated heterocycles. The van der Waals surface area contributed by atoms with Gasteiger partial charge in [-0.25, -0.2) is 4.79 Å². The third-order valence-corrected chi connectivity index (χ3v) is 3.73. The highest BCUT2D eigenvalue weighted by molar-refractivity contribution is 6.01. The molecule has 2 aromatic carbocycles. The van der Waals surface area contributed by atoms with Crippen molar-refractivity contribution in [3.8, 4) is 5.75 Å². The van der Waals surface area contributed by atoms with E-state index in [4.69, 9.17) is 9.47 Å². The van der Waals surface area contributed by atoms with Crippen LogP contribution in [-0.4, -0.2) is 25.6 Å². The second-order valence-electron chi connectivity index (χ2n) is 5.58. The smallest absolute Gasteiger partial charge is 0.339 e. The molecule has 2 aromatic rings. The summed E-state index contributed by atoms with van der Waals surface area (Å²) in [6.45, 7) is 5.79. The van der Waals surface area contributed by atoms with E-state index >= 15 is 0 Å². The number of hydrogen-bond donors (Lipinski definition) is 1. The van der Waals surface area contributed by atoms with Crippen molar-refractivity contribution < 1.29 is 19.1 Å². The number of esters is 1. The molecule has 1 amide bonds. The Labute approximate surface area is 141 Å². The Morgan fingerprint density at radius 2 is 1.79 bits per heavy atom. The topological polar surface area (TPSA) is 64.6 Å². The molecule has 0 spiro atoms. The minimum atomic E-state index is -0.503. The van der Waals surface area contributed by atoms with Crippen LogP contribution in [0.4, 0.5) is 5.69 Å². The number of para-hydroxylation sites is 1. The van der Waals surface area contributed by atoms with Crippen molar-refractivity contribution >= 4 is 17.6 Å². The number of amides is 1. The summed E-state index contributed by atoms with van der Waals surface area (Å²) in [6, 6.07) is 10.6. The van der Waals surface area contributed by atoms with Crippen molar-refractivity contribution in [2.45, 2.75) is 20.8 Å². The molecule has 0 radical (unpaired) electrons. The summed E-state index contributed by atoms with van der Waals surface area (Å²) in [4.78, 5) is 23.9. The van der Waals surface area contributed by atoms with Crippen LogP contribution in [0.25, 0.3) is 0 Å². The van der Waals surface area contributed by atoms with Crippen molar-refractivity contribution in [1.82, 2.24) is 0 Å². The van der Waals surface area contributed by atoms with E-state index in [-0.39, 0.29) is 12.5 Å². The van der Waals surface area contributed by atoms with E-state index in [1.807, 2.05) is 26.8 Å². The van der Waals surface area contributed by atoms with Gasteiger partial charge in [-0.1, -0.05) is 18.2 Å². The first-order chi connectivity index (χ1) is 11.4. The molecule has 0 aliphatic carbocycles. The Morgan fingerprint density at radius 1 is 1.08 bits per heavy atom. The Balaban J connectivity index is 2.06. The maximum absolute atomic E-state index is 12.1. The van der Waals surface area contributed by atoms with E-state index in [1.165, 1.54) is 7.11 Å². The lowest BCUT2D eigenvalue weighted by atomic mass is 10.1. The third-order valence-electron chi connectivity index (χ3n) is 3.73. The largest absolute Gasteiger partial charge is 0.483 e. The maximum atomic E-state index is 12.1. The second-order valence-corrected chi connectivity index (χ2v) is 5.58. The summed E-state index contributed by atoms with van der Waals surface area (Å²) >= 11 is 0. The van der Waals surface area contributed by atoms with Crippen LogP contribution >= 0.6 is 0 Å². The standard InChI is InChI=1S/C19H21NO4/c1-12-9-13(2)14(3)17(10-12)24-11-18(21)20-16-8-6-5-7-15(16)19(22)23-4/h5-10H,11H2,1-4H3,(H,20,21). The lowest BCUT2D eigenvalue weighted by molar-refractivity contribution is -0.118. The Morgan fingerprint density at radius 3 is 2.50 bits per heavy atom. The average molecular weight is 327 g/mol. The highest BCUT2D eigenvalue weighted by Crippen LogP contribution is 2.23. The van der Waals surface area contributed by atoms with Gasteiger partial charge >= 0.3 is 5.97 Å². The summed E-state index contributed by atoms with van der Waals surface area (Å²) in [5.74, 6) is -0.161. The molecule has 0 atom stereocenters. The van der Waals surface area contributed by atoms with Crippen LogP contribution in [0.15, 0.2) is 36.4 Å². The molecule has 24 heavy (non-hydrogen) atoms. The van der Waals surface area contributed by atoms with E-state index in [1.54, 1.807) is 24.3 Å². The van der Waals surface area contributed by atoms with Crippen LogP contribution in [0.2, 0.25) is 0 Å². The maximum Gasteiger partial charge on any atom is 0.339 e. The minimum absolute atomic E-state index is 0.140. The fourth-order valence-corrected chi connectivity index (χ4v) is 2.36. The van der Waals surface area contributed by atoms with Crippen LogP contribution in [0, 0.1) is 20.8 Å². The zero-order valence-electron chi connectivity index (χ0n) is 14.3. The molecule has 5 nitrogen and oxygen atoms in total. The summed E-state index contributed by atoms with van der Waals surface area (Å²) < 4.78 is 10.3. The number of nitrogens with one attached hydrogen (secondary N) is 1. The number of benzene rings is 2. The summed E-state index contributed by atoms with van der Waals surface area (Å²) in [6.07, 6.45) is 0. The Hall–Kier alpha value is -2.82. The lowest BCUT2D eigenvalue weighted by Crippen LogP contribution is -2.22. The van der Waals surface area contributed by atoms with Crippen molar-refractivity contribution in [2.75, 3.05) is 19.0 Å². The molecule has 1 N–H and O–H groups in total. The average Bonchev–Trinajstić information content (AvgIpc) is 2.56. The number of carbonyl (C=O) groups excluding carboxylic acids is 2. The molecule has 0 saturated carbocycles. The molecule has 5 heteroatoms. The first-order valence-electron chi connectivity index (χ1n) is 7.60. The molecular weight excluding hydrogens is 306 g/mol. The molecule has 0 aliphatic heterocycles. The normalized spacial score (nSPS) is 10.2. The number of ether oxygens (including phenoxy) is 2. The zero-order chi connectivity index (χ0) is 17.7. The highest BCUT2D eigenvalue weighted by atomic mass is 16.5. The van der Waals surface area contributed by atoms with Crippen LogP contribution in [-0.2, 0) is 9.53 Å². The van der Waals surface area contributed by atoms with E-state index < -0.39 is 5.97 Å². The SMILES string of the molecule is COC(=O)c1ccccc1NC(=O)COc1cc(C)cc(C)c1C. The monoisotopic (exact) mass is 327 g/mol. The first-order valence-corrected chi connectivity index (χ1v) is 7.60. The number of aryl methyl sites for hydroxylation is 2. The van der Waals surface area contributed by atoms with E-state index in [0.29, 0.717) is 17.0 Å². The number of methoxy groups -OCH3 is 1. The van der Waals surface area contributed by atoms with Crippen molar-refractivity contribution in [3.05, 3.63) is 58.7 Å². The van der Waals surface area contributed by atoms with Gasteiger partial charge in [-0.05, 0) is 55.7 Å². The third kappa shape index (κ3) is 4.13. The molecule has 0 bridgehead atoms. The molecule has 0 heterocycles. The van der Waals surface area contributed by atoms with Crippen LogP contribution in [0.1, 0.15) is 27.0 Å². The fourth-order valence-electron chi connectivity index (χ4n) is 2.36. The summed E-state index contributed by atoms with van der Waals surface area (Å²) in [5.41, 5.74) is 3.89. The fraction of sp³-hybridized carbons (Fsp3) is 0.263. The van der Waals surface area contributed by atoms with Crippen molar-refractivity contribution in [3.63, 3.8) is 0 Å². The lowest BCUT2D eigenvalue weighted by Gasteiger charge is -2.13. The molecular formula is C19H21NO4.